The number of aromatic nitrogens is 2. The molecule has 1 N–H and O–H groups in total. The van der Waals surface area contributed by atoms with Crippen molar-refractivity contribution in [1.29, 1.82) is 0 Å². The molecule has 0 bridgehead atoms. The molecule has 5 heteroatoms. The third kappa shape index (κ3) is 1.65. The van der Waals surface area contributed by atoms with E-state index in [1.54, 1.807) is 11.3 Å². The third-order valence-corrected chi connectivity index (χ3v) is 4.53. The topological polar surface area (TPSA) is 40.8 Å². The second-order valence-electron chi connectivity index (χ2n) is 4.96. The van der Waals surface area contributed by atoms with E-state index in [9.17, 15) is 5.11 Å². The van der Waals surface area contributed by atoms with Crippen LogP contribution in [0.4, 0.5) is 5.82 Å². The third-order valence-electron chi connectivity index (χ3n) is 3.78. The highest BCUT2D eigenvalue weighted by molar-refractivity contribution is 7.15. The molecule has 0 aromatic carbocycles. The van der Waals surface area contributed by atoms with Gasteiger partial charge in [-0.05, 0) is 11.8 Å². The highest BCUT2D eigenvalue weighted by Gasteiger charge is 2.29. The molecular formula is C12H17N3OS. The van der Waals surface area contributed by atoms with Crippen molar-refractivity contribution in [3.05, 3.63) is 17.3 Å². The minimum absolute atomic E-state index is 0.0481. The van der Waals surface area contributed by atoms with Crippen LogP contribution in [0.25, 0.3) is 4.96 Å². The van der Waals surface area contributed by atoms with Crippen LogP contribution in [0.2, 0.25) is 0 Å². The van der Waals surface area contributed by atoms with Gasteiger partial charge in [0.2, 0.25) is 0 Å². The zero-order valence-corrected chi connectivity index (χ0v) is 10.9. The number of aliphatic hydroxyl groups excluding tert-OH is 1. The number of hydrogen-bond donors (Lipinski definition) is 1. The molecule has 1 saturated heterocycles. The lowest BCUT2D eigenvalue weighted by molar-refractivity contribution is 0.276. The first-order valence-corrected chi connectivity index (χ1v) is 6.89. The van der Waals surface area contributed by atoms with E-state index in [0.717, 1.165) is 29.6 Å². The summed E-state index contributed by atoms with van der Waals surface area (Å²) in [5.41, 5.74) is 0.919. The molecule has 0 spiro atoms. The maximum absolute atomic E-state index is 9.53. The zero-order chi connectivity index (χ0) is 12.0. The molecule has 4 nitrogen and oxygen atoms in total. The Kier molecular flexibility index (Phi) is 2.60. The smallest absolute Gasteiger partial charge is 0.195 e. The average Bonchev–Trinajstić information content (AvgIpc) is 2.93. The van der Waals surface area contributed by atoms with E-state index in [1.165, 1.54) is 0 Å². The molecule has 1 aliphatic rings. The maximum atomic E-state index is 9.53. The molecule has 2 unspecified atom stereocenters. The van der Waals surface area contributed by atoms with Crippen molar-refractivity contribution < 1.29 is 5.11 Å². The zero-order valence-electron chi connectivity index (χ0n) is 10.1. The van der Waals surface area contributed by atoms with Crippen molar-refractivity contribution in [3.8, 4) is 0 Å². The molecular weight excluding hydrogens is 234 g/mol. The van der Waals surface area contributed by atoms with Crippen LogP contribution in [0, 0.1) is 11.8 Å². The maximum Gasteiger partial charge on any atom is 0.195 e. The van der Waals surface area contributed by atoms with E-state index in [2.05, 4.69) is 23.7 Å². The molecule has 0 amide bonds. The number of hydrogen-bond acceptors (Lipinski definition) is 4. The number of imidazole rings is 1. The van der Waals surface area contributed by atoms with Crippen LogP contribution in [0.5, 0.6) is 0 Å². The molecule has 1 aliphatic heterocycles. The van der Waals surface area contributed by atoms with Gasteiger partial charge in [0.05, 0.1) is 12.3 Å². The van der Waals surface area contributed by atoms with Crippen LogP contribution >= 0.6 is 11.3 Å². The first-order valence-electron chi connectivity index (χ1n) is 6.01. The average molecular weight is 251 g/mol. The van der Waals surface area contributed by atoms with Crippen molar-refractivity contribution >= 4 is 22.1 Å². The summed E-state index contributed by atoms with van der Waals surface area (Å²) in [5, 5.41) is 11.5. The van der Waals surface area contributed by atoms with Gasteiger partial charge in [-0.3, -0.25) is 4.40 Å². The summed E-state index contributed by atoms with van der Waals surface area (Å²) < 4.78 is 1.99. The standard InChI is InChI=1S/C12H17N3OS/c1-8-5-14(6-9(8)2)11-10(7-16)15-3-4-17-12(15)13-11/h3-4,8-9,16H,5-7H2,1-2H3. The minimum Gasteiger partial charge on any atom is -0.390 e. The lowest BCUT2D eigenvalue weighted by atomic mass is 10.0. The minimum atomic E-state index is 0.0481. The number of fused-ring (bicyclic) bond motifs is 1. The van der Waals surface area contributed by atoms with Gasteiger partial charge in [0.1, 0.15) is 0 Å². The van der Waals surface area contributed by atoms with E-state index < -0.39 is 0 Å². The monoisotopic (exact) mass is 251 g/mol. The summed E-state index contributed by atoms with van der Waals surface area (Å²) >= 11 is 1.61. The van der Waals surface area contributed by atoms with Gasteiger partial charge in [0.25, 0.3) is 0 Å². The Morgan fingerprint density at radius 2 is 2.12 bits per heavy atom. The predicted octanol–water partition coefficient (Wildman–Crippen LogP) is 1.98. The second kappa shape index (κ2) is 3.99. The van der Waals surface area contributed by atoms with Crippen LogP contribution in [0.15, 0.2) is 11.6 Å². The Hall–Kier alpha value is -1.07. The van der Waals surface area contributed by atoms with E-state index in [1.807, 2.05) is 16.0 Å². The molecule has 0 radical (unpaired) electrons. The second-order valence-corrected chi connectivity index (χ2v) is 5.83. The Morgan fingerprint density at radius 1 is 1.41 bits per heavy atom. The summed E-state index contributed by atoms with van der Waals surface area (Å²) in [6.07, 6.45) is 1.98. The molecule has 0 saturated carbocycles. The van der Waals surface area contributed by atoms with Crippen LogP contribution in [0.3, 0.4) is 0 Å². The summed E-state index contributed by atoms with van der Waals surface area (Å²) in [6, 6.07) is 0. The molecule has 17 heavy (non-hydrogen) atoms. The van der Waals surface area contributed by atoms with Gasteiger partial charge in [-0.1, -0.05) is 13.8 Å². The molecule has 2 aromatic rings. The number of rotatable bonds is 2. The molecule has 3 rings (SSSR count). The Bertz CT molecular complexity index is 523. The fraction of sp³-hybridized carbons (Fsp3) is 0.583. The summed E-state index contributed by atoms with van der Waals surface area (Å²) in [4.78, 5) is 7.92. The summed E-state index contributed by atoms with van der Waals surface area (Å²) in [7, 11) is 0. The van der Waals surface area contributed by atoms with Crippen LogP contribution in [-0.4, -0.2) is 27.6 Å². The van der Waals surface area contributed by atoms with Crippen molar-refractivity contribution in [2.24, 2.45) is 11.8 Å². The van der Waals surface area contributed by atoms with Crippen molar-refractivity contribution in [3.63, 3.8) is 0 Å². The number of thiazole rings is 1. The SMILES string of the molecule is CC1CN(c2nc3sccn3c2CO)CC1C. The van der Waals surface area contributed by atoms with Gasteiger partial charge < -0.3 is 10.0 Å². The van der Waals surface area contributed by atoms with Gasteiger partial charge in [-0.25, -0.2) is 4.98 Å². The number of nitrogens with zero attached hydrogens (tertiary/aromatic N) is 3. The Balaban J connectivity index is 2.02. The molecule has 3 heterocycles. The Morgan fingerprint density at radius 3 is 2.76 bits per heavy atom. The van der Waals surface area contributed by atoms with E-state index in [4.69, 9.17) is 0 Å². The van der Waals surface area contributed by atoms with Crippen LogP contribution < -0.4 is 4.90 Å². The van der Waals surface area contributed by atoms with E-state index >= 15 is 0 Å². The quantitative estimate of drug-likeness (QED) is 0.887. The van der Waals surface area contributed by atoms with Crippen LogP contribution in [-0.2, 0) is 6.61 Å². The summed E-state index contributed by atoms with van der Waals surface area (Å²) in [6.45, 7) is 6.69. The fourth-order valence-electron chi connectivity index (χ4n) is 2.52. The van der Waals surface area contributed by atoms with Gasteiger partial charge in [-0.15, -0.1) is 11.3 Å². The molecule has 2 atom stereocenters. The number of aliphatic hydroxyl groups is 1. The largest absolute Gasteiger partial charge is 0.390 e. The van der Waals surface area contributed by atoms with Gasteiger partial charge in [0.15, 0.2) is 10.8 Å². The highest BCUT2D eigenvalue weighted by atomic mass is 32.1. The first-order chi connectivity index (χ1) is 8.20. The highest BCUT2D eigenvalue weighted by Crippen LogP contribution is 2.31. The van der Waals surface area contributed by atoms with Gasteiger partial charge >= 0.3 is 0 Å². The van der Waals surface area contributed by atoms with E-state index in [-0.39, 0.29) is 6.61 Å². The fourth-order valence-corrected chi connectivity index (χ4v) is 3.25. The Labute approximate surface area is 105 Å². The first kappa shape index (κ1) is 11.0. The molecule has 92 valence electrons. The normalized spacial score (nSPS) is 25.0. The molecule has 0 aliphatic carbocycles. The summed E-state index contributed by atoms with van der Waals surface area (Å²) in [5.74, 6) is 2.36. The van der Waals surface area contributed by atoms with Crippen molar-refractivity contribution in [2.75, 3.05) is 18.0 Å². The van der Waals surface area contributed by atoms with Crippen LogP contribution in [0.1, 0.15) is 19.5 Å². The predicted molar refractivity (Wildman–Crippen MR) is 69.5 cm³/mol. The van der Waals surface area contributed by atoms with Crippen molar-refractivity contribution in [1.82, 2.24) is 9.38 Å². The lowest BCUT2D eigenvalue weighted by Crippen LogP contribution is -2.21. The molecule has 2 aromatic heterocycles. The van der Waals surface area contributed by atoms with Gasteiger partial charge in [-0.2, -0.15) is 0 Å². The number of anilines is 1. The molecule has 1 fully saturated rings. The van der Waals surface area contributed by atoms with Crippen molar-refractivity contribution in [2.45, 2.75) is 20.5 Å². The van der Waals surface area contributed by atoms with Gasteiger partial charge in [0, 0.05) is 24.7 Å². The lowest BCUT2D eigenvalue weighted by Gasteiger charge is -2.16. The van der Waals surface area contributed by atoms with E-state index in [0.29, 0.717) is 11.8 Å².